The highest BCUT2D eigenvalue weighted by atomic mass is 35.5. The van der Waals surface area contributed by atoms with Crippen LogP contribution in [0.4, 0.5) is 4.39 Å². The molecule has 0 saturated carbocycles. The van der Waals surface area contributed by atoms with Gasteiger partial charge in [-0.1, -0.05) is 41.8 Å². The number of hydrogen-bond donors (Lipinski definition) is 0. The van der Waals surface area contributed by atoms with Gasteiger partial charge in [0.25, 0.3) is 0 Å². The molecule has 140 valence electrons. The maximum atomic E-state index is 14.6. The second-order valence-electron chi connectivity index (χ2n) is 6.71. The second kappa shape index (κ2) is 7.59. The van der Waals surface area contributed by atoms with Crippen molar-refractivity contribution < 1.29 is 4.39 Å². The van der Waals surface area contributed by atoms with Crippen LogP contribution in [0, 0.1) is 18.2 Å². The van der Waals surface area contributed by atoms with Gasteiger partial charge in [-0.2, -0.15) is 0 Å². The van der Waals surface area contributed by atoms with E-state index in [0.29, 0.717) is 30.1 Å². The van der Waals surface area contributed by atoms with Crippen LogP contribution in [0.5, 0.6) is 0 Å². The topological polar surface area (TPSA) is 34.0 Å². The number of rotatable bonds is 4. The van der Waals surface area contributed by atoms with Crippen LogP contribution in [-0.4, -0.2) is 33.3 Å². The molecule has 0 unspecified atom stereocenters. The van der Waals surface area contributed by atoms with E-state index in [2.05, 4.69) is 16.1 Å². The SMILES string of the molecule is C#CCN(C)Cc1nnc2n1-c1ccc(Cl)cc1C(c1ccccc1F)=CC2. The highest BCUT2D eigenvalue weighted by Crippen LogP contribution is 2.35. The highest BCUT2D eigenvalue weighted by Gasteiger charge is 2.23. The number of allylic oxidation sites excluding steroid dienone is 1. The van der Waals surface area contributed by atoms with Gasteiger partial charge in [-0.05, 0) is 36.9 Å². The first-order chi connectivity index (χ1) is 13.6. The van der Waals surface area contributed by atoms with Gasteiger partial charge in [-0.15, -0.1) is 16.6 Å². The van der Waals surface area contributed by atoms with Crippen LogP contribution in [-0.2, 0) is 13.0 Å². The van der Waals surface area contributed by atoms with Gasteiger partial charge >= 0.3 is 0 Å². The summed E-state index contributed by atoms with van der Waals surface area (Å²) < 4.78 is 16.6. The molecule has 28 heavy (non-hydrogen) atoms. The molecule has 4 nitrogen and oxygen atoms in total. The number of halogens is 2. The van der Waals surface area contributed by atoms with Crippen molar-refractivity contribution in [1.82, 2.24) is 19.7 Å². The van der Waals surface area contributed by atoms with Crippen LogP contribution in [0.3, 0.4) is 0 Å². The summed E-state index contributed by atoms with van der Waals surface area (Å²) in [6.45, 7) is 1.06. The summed E-state index contributed by atoms with van der Waals surface area (Å²) in [4.78, 5) is 1.99. The maximum Gasteiger partial charge on any atom is 0.151 e. The number of hydrogen-bond acceptors (Lipinski definition) is 3. The van der Waals surface area contributed by atoms with Crippen molar-refractivity contribution in [2.24, 2.45) is 0 Å². The number of nitrogens with zero attached hydrogens (tertiary/aromatic N) is 4. The van der Waals surface area contributed by atoms with Gasteiger partial charge in [0.2, 0.25) is 0 Å². The predicted octanol–water partition coefficient (Wildman–Crippen LogP) is 4.11. The van der Waals surface area contributed by atoms with E-state index in [1.165, 1.54) is 6.07 Å². The van der Waals surface area contributed by atoms with Crippen molar-refractivity contribution in [3.05, 3.63) is 82.2 Å². The fourth-order valence-electron chi connectivity index (χ4n) is 3.48. The molecule has 2 aromatic carbocycles. The monoisotopic (exact) mass is 392 g/mol. The number of fused-ring (bicyclic) bond motifs is 3. The van der Waals surface area contributed by atoms with Crippen LogP contribution in [0.2, 0.25) is 5.02 Å². The van der Waals surface area contributed by atoms with Gasteiger partial charge in [0, 0.05) is 22.6 Å². The summed E-state index contributed by atoms with van der Waals surface area (Å²) in [6.07, 6.45) is 7.93. The lowest BCUT2D eigenvalue weighted by Crippen LogP contribution is -2.21. The Morgan fingerprint density at radius 2 is 2.04 bits per heavy atom. The first-order valence-corrected chi connectivity index (χ1v) is 9.27. The molecule has 6 heteroatoms. The van der Waals surface area contributed by atoms with E-state index < -0.39 is 0 Å². The van der Waals surface area contributed by atoms with E-state index in [0.717, 1.165) is 28.5 Å². The fourth-order valence-corrected chi connectivity index (χ4v) is 3.65. The predicted molar refractivity (Wildman–Crippen MR) is 109 cm³/mol. The molecule has 0 atom stereocenters. The summed E-state index contributed by atoms with van der Waals surface area (Å²) in [5, 5.41) is 9.32. The third kappa shape index (κ3) is 3.33. The average molecular weight is 393 g/mol. The van der Waals surface area contributed by atoms with Crippen molar-refractivity contribution >= 4 is 17.2 Å². The molecular formula is C22H18ClFN4. The summed E-state index contributed by atoms with van der Waals surface area (Å²) in [5.74, 6) is 3.93. The Bertz CT molecular complexity index is 1110. The molecule has 0 fully saturated rings. The second-order valence-corrected chi connectivity index (χ2v) is 7.14. The van der Waals surface area contributed by atoms with Crippen molar-refractivity contribution in [2.45, 2.75) is 13.0 Å². The molecule has 2 heterocycles. The van der Waals surface area contributed by atoms with Gasteiger partial charge in [0.1, 0.15) is 11.6 Å². The molecule has 1 aromatic heterocycles. The van der Waals surface area contributed by atoms with Gasteiger partial charge < -0.3 is 0 Å². The van der Waals surface area contributed by atoms with Crippen LogP contribution < -0.4 is 0 Å². The summed E-state index contributed by atoms with van der Waals surface area (Å²) in [6, 6.07) is 12.4. The van der Waals surface area contributed by atoms with Crippen LogP contribution in [0.15, 0.2) is 48.5 Å². The smallest absolute Gasteiger partial charge is 0.151 e. The maximum absolute atomic E-state index is 14.6. The first kappa shape index (κ1) is 18.4. The normalized spacial score (nSPS) is 12.8. The lowest BCUT2D eigenvalue weighted by atomic mass is 9.95. The van der Waals surface area contributed by atoms with E-state index in [1.807, 2.05) is 46.9 Å². The molecule has 0 saturated heterocycles. The van der Waals surface area contributed by atoms with Gasteiger partial charge in [-0.25, -0.2) is 4.39 Å². The van der Waals surface area contributed by atoms with Crippen molar-refractivity contribution in [2.75, 3.05) is 13.6 Å². The van der Waals surface area contributed by atoms with Gasteiger partial charge in [0.05, 0.1) is 18.8 Å². The van der Waals surface area contributed by atoms with Crippen LogP contribution in [0.1, 0.15) is 22.8 Å². The third-order valence-electron chi connectivity index (χ3n) is 4.71. The molecule has 0 radical (unpaired) electrons. The molecule has 3 aromatic rings. The Balaban J connectivity index is 1.88. The van der Waals surface area contributed by atoms with Gasteiger partial charge in [0.15, 0.2) is 5.82 Å². The van der Waals surface area contributed by atoms with Crippen LogP contribution >= 0.6 is 11.6 Å². The minimum atomic E-state index is -0.272. The largest absolute Gasteiger partial charge is 0.288 e. The molecule has 0 bridgehead atoms. The molecular weight excluding hydrogens is 375 g/mol. The fraction of sp³-hybridized carbons (Fsp3) is 0.182. The standard InChI is InChI=1S/C22H18ClFN4/c1-3-12-27(2)14-22-26-25-21-11-9-16(17-6-4-5-7-19(17)24)18-13-15(23)8-10-20(18)28(21)22/h1,4-10,13H,11-12,14H2,2H3. The zero-order valence-electron chi connectivity index (χ0n) is 15.4. The molecule has 0 amide bonds. The summed E-state index contributed by atoms with van der Waals surface area (Å²) in [7, 11) is 1.93. The molecule has 0 aliphatic carbocycles. The Labute approximate surface area is 168 Å². The van der Waals surface area contributed by atoms with E-state index >= 15 is 0 Å². The summed E-state index contributed by atoms with van der Waals surface area (Å²) in [5.41, 5.74) is 3.05. The first-order valence-electron chi connectivity index (χ1n) is 8.89. The lowest BCUT2D eigenvalue weighted by molar-refractivity contribution is 0.355. The zero-order valence-corrected chi connectivity index (χ0v) is 16.1. The molecule has 0 spiro atoms. The minimum absolute atomic E-state index is 0.272. The number of aromatic nitrogens is 3. The lowest BCUT2D eigenvalue weighted by Gasteiger charge is -2.17. The van der Waals surface area contributed by atoms with E-state index in [4.69, 9.17) is 18.0 Å². The van der Waals surface area contributed by atoms with Crippen molar-refractivity contribution in [3.63, 3.8) is 0 Å². The average Bonchev–Trinajstić information content (AvgIpc) is 2.98. The number of terminal acetylenes is 1. The Hall–Kier alpha value is -2.94. The molecule has 1 aliphatic heterocycles. The quantitative estimate of drug-likeness (QED) is 0.626. The van der Waals surface area contributed by atoms with Gasteiger partial charge in [-0.3, -0.25) is 9.47 Å². The Kier molecular flexibility index (Phi) is 4.99. The van der Waals surface area contributed by atoms with E-state index in [-0.39, 0.29) is 5.82 Å². The molecule has 1 aliphatic rings. The Morgan fingerprint density at radius 1 is 1.21 bits per heavy atom. The molecule has 0 N–H and O–H groups in total. The Morgan fingerprint density at radius 3 is 2.82 bits per heavy atom. The molecule has 4 rings (SSSR count). The third-order valence-corrected chi connectivity index (χ3v) is 4.95. The van der Waals surface area contributed by atoms with Crippen LogP contribution in [0.25, 0.3) is 11.3 Å². The van der Waals surface area contributed by atoms with Crippen molar-refractivity contribution in [3.8, 4) is 18.0 Å². The number of benzene rings is 2. The summed E-state index contributed by atoms with van der Waals surface area (Å²) >= 11 is 6.30. The highest BCUT2D eigenvalue weighted by molar-refractivity contribution is 6.30. The minimum Gasteiger partial charge on any atom is -0.288 e. The van der Waals surface area contributed by atoms with Crippen molar-refractivity contribution in [1.29, 1.82) is 0 Å². The van der Waals surface area contributed by atoms with E-state index in [9.17, 15) is 4.39 Å². The zero-order chi connectivity index (χ0) is 19.7. The van der Waals surface area contributed by atoms with E-state index in [1.54, 1.807) is 12.1 Å².